The van der Waals surface area contributed by atoms with E-state index in [4.69, 9.17) is 28.4 Å². The number of amides is 2. The predicted molar refractivity (Wildman–Crippen MR) is 172 cm³/mol. The van der Waals surface area contributed by atoms with E-state index in [9.17, 15) is 40.7 Å². The highest BCUT2D eigenvalue weighted by atomic mass is 19.4. The van der Waals surface area contributed by atoms with Crippen LogP contribution in [-0.4, -0.2) is 65.3 Å². The summed E-state index contributed by atoms with van der Waals surface area (Å²) < 4.78 is 116. The number of ether oxygens (including phenoxy) is 6. The highest BCUT2D eigenvalue weighted by molar-refractivity contribution is 6.16. The molecule has 2 amide bonds. The van der Waals surface area contributed by atoms with Gasteiger partial charge in [-0.25, -0.2) is 5.01 Å². The Morgan fingerprint density at radius 3 is 1.25 bits per heavy atom. The molecule has 53 heavy (non-hydrogen) atoms. The SMILES string of the molecule is COc1cc2c(cc1OC)C1(c3cc(OC)c(OC)cc3C2=O)c2cc(OC)c(OC)cc2C(=O)N1NC(=O)c1cc(C(F)(F)F)cc(C(F)(F)F)c1. The van der Waals surface area contributed by atoms with Gasteiger partial charge in [-0.05, 0) is 54.6 Å². The molecule has 1 aliphatic carbocycles. The van der Waals surface area contributed by atoms with Crippen molar-refractivity contribution in [1.29, 1.82) is 0 Å². The molecule has 0 atom stereocenters. The molecule has 0 fully saturated rings. The number of hydrazine groups is 1. The van der Waals surface area contributed by atoms with E-state index in [0.717, 1.165) is 5.01 Å². The van der Waals surface area contributed by atoms with Crippen molar-refractivity contribution >= 4 is 17.6 Å². The second-order valence-electron chi connectivity index (χ2n) is 11.7. The van der Waals surface area contributed by atoms with Gasteiger partial charge in [-0.3, -0.25) is 19.8 Å². The molecule has 11 nitrogen and oxygen atoms in total. The number of alkyl halides is 6. The summed E-state index contributed by atoms with van der Waals surface area (Å²) in [7, 11) is 7.85. The molecule has 278 valence electrons. The van der Waals surface area contributed by atoms with Crippen LogP contribution in [0.25, 0.3) is 0 Å². The average Bonchev–Trinajstić information content (AvgIpc) is 3.37. The van der Waals surface area contributed by atoms with E-state index >= 15 is 0 Å². The maximum atomic E-state index is 14.7. The van der Waals surface area contributed by atoms with Crippen molar-refractivity contribution in [1.82, 2.24) is 10.4 Å². The summed E-state index contributed by atoms with van der Waals surface area (Å²) in [5.41, 5.74) is -4.65. The zero-order valence-electron chi connectivity index (χ0n) is 28.6. The van der Waals surface area contributed by atoms with Crippen LogP contribution in [0.4, 0.5) is 26.3 Å². The Hall–Kier alpha value is -6.13. The summed E-state index contributed by atoms with van der Waals surface area (Å²) in [6, 6.07) is 8.43. The summed E-state index contributed by atoms with van der Waals surface area (Å²) in [5, 5.41) is 0.730. The number of methoxy groups -OCH3 is 6. The van der Waals surface area contributed by atoms with Crippen LogP contribution in [0.2, 0.25) is 0 Å². The molecule has 1 spiro atoms. The highest BCUT2D eigenvalue weighted by Crippen LogP contribution is 2.57. The van der Waals surface area contributed by atoms with Crippen LogP contribution in [0.15, 0.2) is 54.6 Å². The van der Waals surface area contributed by atoms with Crippen molar-refractivity contribution in [3.63, 3.8) is 0 Å². The Balaban J connectivity index is 1.73. The third-order valence-corrected chi connectivity index (χ3v) is 9.06. The van der Waals surface area contributed by atoms with Crippen LogP contribution in [-0.2, 0) is 17.9 Å². The molecular formula is C36H28F6N2O9. The molecule has 0 aromatic heterocycles. The van der Waals surface area contributed by atoms with E-state index in [1.165, 1.54) is 79.1 Å². The summed E-state index contributed by atoms with van der Waals surface area (Å²) in [6.45, 7) is 0. The number of nitrogens with one attached hydrogen (secondary N) is 1. The van der Waals surface area contributed by atoms with Crippen LogP contribution < -0.4 is 33.8 Å². The van der Waals surface area contributed by atoms with Crippen LogP contribution in [0.3, 0.4) is 0 Å². The van der Waals surface area contributed by atoms with Crippen molar-refractivity contribution in [3.05, 3.63) is 105 Å². The van der Waals surface area contributed by atoms with Crippen LogP contribution in [0.1, 0.15) is 64.5 Å². The fourth-order valence-corrected chi connectivity index (χ4v) is 6.69. The normalized spacial score (nSPS) is 14.3. The Kier molecular flexibility index (Phi) is 8.87. The molecule has 0 unspecified atom stereocenters. The maximum Gasteiger partial charge on any atom is 0.416 e. The first-order chi connectivity index (χ1) is 25.0. The number of hydrogen-bond donors (Lipinski definition) is 1. The molecule has 2 aliphatic rings. The third-order valence-electron chi connectivity index (χ3n) is 9.06. The summed E-state index contributed by atoms with van der Waals surface area (Å²) in [4.78, 5) is 43.1. The molecule has 0 radical (unpaired) electrons. The average molecular weight is 747 g/mol. The lowest BCUT2D eigenvalue weighted by Gasteiger charge is -2.44. The maximum absolute atomic E-state index is 14.7. The molecule has 1 aliphatic heterocycles. The van der Waals surface area contributed by atoms with E-state index in [1.54, 1.807) is 0 Å². The monoisotopic (exact) mass is 746 g/mol. The molecule has 0 bridgehead atoms. The van der Waals surface area contributed by atoms with Gasteiger partial charge in [0.05, 0.1) is 59.3 Å². The van der Waals surface area contributed by atoms with Gasteiger partial charge in [0.25, 0.3) is 11.8 Å². The number of carbonyl (C=O) groups excluding carboxylic acids is 3. The van der Waals surface area contributed by atoms with Gasteiger partial charge in [0, 0.05) is 33.4 Å². The minimum absolute atomic E-state index is 0.000451. The molecule has 17 heteroatoms. The zero-order chi connectivity index (χ0) is 38.8. The summed E-state index contributed by atoms with van der Waals surface area (Å²) >= 11 is 0. The minimum Gasteiger partial charge on any atom is -0.493 e. The highest BCUT2D eigenvalue weighted by Gasteiger charge is 2.59. The van der Waals surface area contributed by atoms with Crippen molar-refractivity contribution in [2.75, 3.05) is 42.7 Å². The van der Waals surface area contributed by atoms with E-state index in [-0.39, 0.29) is 86.1 Å². The zero-order valence-corrected chi connectivity index (χ0v) is 28.6. The third kappa shape index (κ3) is 5.57. The molecular weight excluding hydrogens is 718 g/mol. The number of rotatable bonds is 8. The first-order valence-corrected chi connectivity index (χ1v) is 15.3. The quantitative estimate of drug-likeness (QED) is 0.204. The van der Waals surface area contributed by atoms with Gasteiger partial charge in [0.1, 0.15) is 5.54 Å². The lowest BCUT2D eigenvalue weighted by atomic mass is 9.68. The number of nitrogens with zero attached hydrogens (tertiary/aromatic N) is 1. The first-order valence-electron chi connectivity index (χ1n) is 15.3. The molecule has 1 N–H and O–H groups in total. The number of benzene rings is 4. The van der Waals surface area contributed by atoms with Crippen molar-refractivity contribution in [2.45, 2.75) is 17.9 Å². The second-order valence-corrected chi connectivity index (χ2v) is 11.7. The largest absolute Gasteiger partial charge is 0.493 e. The number of ketones is 1. The van der Waals surface area contributed by atoms with Gasteiger partial charge in [0.2, 0.25) is 0 Å². The van der Waals surface area contributed by atoms with Gasteiger partial charge < -0.3 is 28.4 Å². The van der Waals surface area contributed by atoms with E-state index in [0.29, 0.717) is 0 Å². The van der Waals surface area contributed by atoms with E-state index < -0.39 is 52.2 Å². The van der Waals surface area contributed by atoms with Crippen molar-refractivity contribution in [2.24, 2.45) is 0 Å². The van der Waals surface area contributed by atoms with Gasteiger partial charge in [-0.15, -0.1) is 0 Å². The fourth-order valence-electron chi connectivity index (χ4n) is 6.69. The van der Waals surface area contributed by atoms with Gasteiger partial charge in [-0.1, -0.05) is 0 Å². The Morgan fingerprint density at radius 1 is 0.547 bits per heavy atom. The topological polar surface area (TPSA) is 122 Å². The molecule has 0 saturated carbocycles. The molecule has 4 aromatic carbocycles. The first kappa shape index (κ1) is 36.7. The molecule has 6 rings (SSSR count). The van der Waals surface area contributed by atoms with Crippen LogP contribution in [0.5, 0.6) is 34.5 Å². The standard InChI is InChI=1S/C36H28F6N2O9/c1-48-25-10-19-22(13-28(25)51-4)34(23-14-29(52-5)26(49-2)11-20(23)31(19)45)24-15-30(53-6)27(50-3)12-21(24)33(47)44(34)43-32(46)16-7-17(35(37,38)39)9-18(8-16)36(40,41)42/h7-15H,1-6H3,(H,43,46). The molecule has 0 saturated heterocycles. The summed E-state index contributed by atoms with van der Waals surface area (Å²) in [6.07, 6.45) is -10.6. The fraction of sp³-hybridized carbons (Fsp3) is 0.250. The lowest BCUT2D eigenvalue weighted by Crippen LogP contribution is -2.57. The van der Waals surface area contributed by atoms with Crippen molar-refractivity contribution < 1.29 is 69.1 Å². The minimum atomic E-state index is -5.28. The number of halogens is 6. The van der Waals surface area contributed by atoms with Crippen LogP contribution >= 0.6 is 0 Å². The van der Waals surface area contributed by atoms with E-state index in [2.05, 4.69) is 5.43 Å². The number of hydrogen-bond acceptors (Lipinski definition) is 9. The molecule has 4 aromatic rings. The summed E-state index contributed by atoms with van der Waals surface area (Å²) in [5.74, 6) is -2.68. The van der Waals surface area contributed by atoms with Gasteiger partial charge in [0.15, 0.2) is 40.3 Å². The van der Waals surface area contributed by atoms with Crippen LogP contribution in [0, 0.1) is 0 Å². The Bertz CT molecular complexity index is 2100. The second kappa shape index (κ2) is 12.8. The lowest BCUT2D eigenvalue weighted by molar-refractivity contribution is -0.143. The Labute approximate surface area is 296 Å². The number of fused-ring (bicyclic) bond motifs is 6. The Morgan fingerprint density at radius 2 is 0.887 bits per heavy atom. The number of carbonyl (C=O) groups is 3. The molecule has 1 heterocycles. The van der Waals surface area contributed by atoms with Gasteiger partial charge >= 0.3 is 12.4 Å². The predicted octanol–water partition coefficient (Wildman–Crippen LogP) is 6.41. The van der Waals surface area contributed by atoms with Crippen molar-refractivity contribution in [3.8, 4) is 34.5 Å². The van der Waals surface area contributed by atoms with E-state index in [1.807, 2.05) is 0 Å². The smallest absolute Gasteiger partial charge is 0.416 e. The van der Waals surface area contributed by atoms with Gasteiger partial charge in [-0.2, -0.15) is 26.3 Å².